The molecule has 0 radical (unpaired) electrons. The molecule has 2 heterocycles. The monoisotopic (exact) mass is 419 g/mol. The van der Waals surface area contributed by atoms with Crippen molar-refractivity contribution in [2.75, 3.05) is 11.9 Å². The Labute approximate surface area is 177 Å². The van der Waals surface area contributed by atoms with Crippen LogP contribution < -0.4 is 15.6 Å². The molecule has 6 nitrogen and oxygen atoms in total. The summed E-state index contributed by atoms with van der Waals surface area (Å²) in [5.41, 5.74) is 3.19. The van der Waals surface area contributed by atoms with Crippen molar-refractivity contribution in [2.24, 2.45) is 0 Å². The van der Waals surface area contributed by atoms with Crippen LogP contribution in [0.25, 0.3) is 10.2 Å². The fraction of sp³-hybridized carbons (Fsp3) is 0.174. The van der Waals surface area contributed by atoms with E-state index in [2.05, 4.69) is 10.3 Å². The topological polar surface area (TPSA) is 73.2 Å². The Hall–Kier alpha value is -3.45. The van der Waals surface area contributed by atoms with Crippen molar-refractivity contribution in [1.29, 1.82) is 0 Å². The Morgan fingerprint density at radius 3 is 2.70 bits per heavy atom. The Morgan fingerprint density at radius 1 is 1.13 bits per heavy atom. The first kappa shape index (κ1) is 19.8. The molecule has 0 saturated heterocycles. The summed E-state index contributed by atoms with van der Waals surface area (Å²) in [5, 5.41) is 3.33. The number of rotatable bonds is 6. The van der Waals surface area contributed by atoms with Crippen LogP contribution in [0.5, 0.6) is 5.75 Å². The number of aromatic nitrogens is 2. The van der Waals surface area contributed by atoms with Gasteiger partial charge in [0.1, 0.15) is 5.75 Å². The number of carbonyl (C=O) groups excluding carboxylic acids is 1. The normalized spacial score (nSPS) is 10.9. The predicted molar refractivity (Wildman–Crippen MR) is 120 cm³/mol. The molecule has 2 aromatic heterocycles. The van der Waals surface area contributed by atoms with Gasteiger partial charge in [0, 0.05) is 12.3 Å². The number of fused-ring (bicyclic) bond motifs is 1. The van der Waals surface area contributed by atoms with E-state index in [1.54, 1.807) is 6.20 Å². The van der Waals surface area contributed by atoms with Gasteiger partial charge in [0.15, 0.2) is 5.13 Å². The van der Waals surface area contributed by atoms with Crippen LogP contribution in [0.1, 0.15) is 28.4 Å². The van der Waals surface area contributed by atoms with E-state index in [4.69, 9.17) is 4.74 Å². The molecule has 0 aliphatic heterocycles. The highest BCUT2D eigenvalue weighted by Gasteiger charge is 2.12. The molecule has 0 aliphatic carbocycles. The van der Waals surface area contributed by atoms with Crippen LogP contribution in [-0.4, -0.2) is 22.1 Å². The molecule has 4 aromatic rings. The van der Waals surface area contributed by atoms with Crippen molar-refractivity contribution in [1.82, 2.24) is 9.55 Å². The number of benzene rings is 2. The SMILES string of the molecule is CCOc1ccc2nc(NC(=O)c3ccc(=O)n(Cc4ccc(C)cc4)c3)sc2c1. The first-order valence-electron chi connectivity index (χ1n) is 9.62. The van der Waals surface area contributed by atoms with E-state index in [-0.39, 0.29) is 11.5 Å². The number of hydrogen-bond acceptors (Lipinski definition) is 5. The molecule has 0 saturated carbocycles. The average Bonchev–Trinajstić information content (AvgIpc) is 3.13. The molecule has 2 aromatic carbocycles. The van der Waals surface area contributed by atoms with E-state index in [0.717, 1.165) is 27.1 Å². The summed E-state index contributed by atoms with van der Waals surface area (Å²) in [6, 6.07) is 16.5. The lowest BCUT2D eigenvalue weighted by atomic mass is 10.1. The summed E-state index contributed by atoms with van der Waals surface area (Å²) in [5.74, 6) is 0.464. The molecule has 0 unspecified atom stereocenters. The fourth-order valence-corrected chi connectivity index (χ4v) is 3.95. The van der Waals surface area contributed by atoms with Gasteiger partial charge in [-0.3, -0.25) is 14.9 Å². The molecular weight excluding hydrogens is 398 g/mol. The summed E-state index contributed by atoms with van der Waals surface area (Å²) in [7, 11) is 0. The maximum Gasteiger partial charge on any atom is 0.258 e. The molecule has 30 heavy (non-hydrogen) atoms. The number of anilines is 1. The Bertz CT molecular complexity index is 1260. The highest BCUT2D eigenvalue weighted by atomic mass is 32.1. The number of hydrogen-bond donors (Lipinski definition) is 1. The Balaban J connectivity index is 1.54. The van der Waals surface area contributed by atoms with Crippen molar-refractivity contribution in [3.05, 3.63) is 87.8 Å². The lowest BCUT2D eigenvalue weighted by molar-refractivity contribution is 0.102. The van der Waals surface area contributed by atoms with Crippen LogP contribution in [0, 0.1) is 6.92 Å². The molecular formula is C23H21N3O3S. The number of ether oxygens (including phenoxy) is 1. The first-order chi connectivity index (χ1) is 14.5. The summed E-state index contributed by atoms with van der Waals surface area (Å²) in [4.78, 5) is 29.4. The molecule has 152 valence electrons. The third-order valence-corrected chi connectivity index (χ3v) is 5.54. The minimum Gasteiger partial charge on any atom is -0.494 e. The molecule has 0 spiro atoms. The molecule has 0 aliphatic rings. The van der Waals surface area contributed by atoms with Gasteiger partial charge in [-0.2, -0.15) is 0 Å². The summed E-state index contributed by atoms with van der Waals surface area (Å²) < 4.78 is 7.98. The van der Waals surface area contributed by atoms with Crippen molar-refractivity contribution < 1.29 is 9.53 Å². The molecule has 7 heteroatoms. The molecule has 0 bridgehead atoms. The molecule has 4 rings (SSSR count). The summed E-state index contributed by atoms with van der Waals surface area (Å²) in [6.07, 6.45) is 1.58. The average molecular weight is 420 g/mol. The molecule has 1 amide bonds. The fourth-order valence-electron chi connectivity index (χ4n) is 3.06. The zero-order valence-corrected chi connectivity index (χ0v) is 17.5. The van der Waals surface area contributed by atoms with Crippen molar-refractivity contribution >= 4 is 32.6 Å². The van der Waals surface area contributed by atoms with E-state index in [0.29, 0.717) is 23.8 Å². The maximum absolute atomic E-state index is 12.7. The van der Waals surface area contributed by atoms with Crippen LogP contribution in [-0.2, 0) is 6.54 Å². The number of nitrogens with one attached hydrogen (secondary N) is 1. The second-order valence-electron chi connectivity index (χ2n) is 6.91. The summed E-state index contributed by atoms with van der Waals surface area (Å²) in [6.45, 7) is 4.94. The van der Waals surface area contributed by atoms with Crippen LogP contribution >= 0.6 is 11.3 Å². The Morgan fingerprint density at radius 2 is 1.93 bits per heavy atom. The van der Waals surface area contributed by atoms with Gasteiger partial charge in [0.05, 0.1) is 28.9 Å². The number of carbonyl (C=O) groups is 1. The lowest BCUT2D eigenvalue weighted by Gasteiger charge is -2.08. The van der Waals surface area contributed by atoms with Gasteiger partial charge < -0.3 is 9.30 Å². The van der Waals surface area contributed by atoms with Gasteiger partial charge in [0.25, 0.3) is 11.5 Å². The smallest absolute Gasteiger partial charge is 0.258 e. The largest absolute Gasteiger partial charge is 0.494 e. The Kier molecular flexibility index (Phi) is 5.63. The second-order valence-corrected chi connectivity index (χ2v) is 7.94. The van der Waals surface area contributed by atoms with Crippen LogP contribution in [0.15, 0.2) is 65.6 Å². The molecule has 0 fully saturated rings. The van der Waals surface area contributed by atoms with Crippen LogP contribution in [0.2, 0.25) is 0 Å². The van der Waals surface area contributed by atoms with Crippen molar-refractivity contribution in [2.45, 2.75) is 20.4 Å². The van der Waals surface area contributed by atoms with Crippen molar-refractivity contribution in [3.8, 4) is 5.75 Å². The predicted octanol–water partition coefficient (Wildman–Crippen LogP) is 4.47. The van der Waals surface area contributed by atoms with E-state index in [9.17, 15) is 9.59 Å². The lowest BCUT2D eigenvalue weighted by Crippen LogP contribution is -2.22. The van der Waals surface area contributed by atoms with Gasteiger partial charge >= 0.3 is 0 Å². The van der Waals surface area contributed by atoms with Crippen LogP contribution in [0.3, 0.4) is 0 Å². The third-order valence-electron chi connectivity index (χ3n) is 4.61. The zero-order chi connectivity index (χ0) is 21.1. The summed E-state index contributed by atoms with van der Waals surface area (Å²) >= 11 is 1.38. The third kappa shape index (κ3) is 4.41. The minimum atomic E-state index is -0.309. The standard InChI is InChI=1S/C23H21N3O3S/c1-3-29-18-9-10-19-20(12-18)30-23(24-19)25-22(28)17-8-11-21(27)26(14-17)13-16-6-4-15(2)5-7-16/h4-12,14H,3,13H2,1-2H3,(H,24,25,28). The highest BCUT2D eigenvalue weighted by molar-refractivity contribution is 7.22. The highest BCUT2D eigenvalue weighted by Crippen LogP contribution is 2.29. The maximum atomic E-state index is 12.7. The first-order valence-corrected chi connectivity index (χ1v) is 10.4. The molecule has 0 atom stereocenters. The number of amides is 1. The number of pyridine rings is 1. The van der Waals surface area contributed by atoms with E-state index < -0.39 is 0 Å². The van der Waals surface area contributed by atoms with Gasteiger partial charge in [-0.15, -0.1) is 0 Å². The minimum absolute atomic E-state index is 0.157. The van der Waals surface area contributed by atoms with E-state index in [1.807, 2.05) is 56.3 Å². The molecule has 1 N–H and O–H groups in total. The van der Waals surface area contributed by atoms with E-state index >= 15 is 0 Å². The van der Waals surface area contributed by atoms with Gasteiger partial charge in [0.2, 0.25) is 0 Å². The number of nitrogens with zero attached hydrogens (tertiary/aromatic N) is 2. The van der Waals surface area contributed by atoms with Gasteiger partial charge in [-0.05, 0) is 43.7 Å². The van der Waals surface area contributed by atoms with Crippen molar-refractivity contribution in [3.63, 3.8) is 0 Å². The van der Waals surface area contributed by atoms with Gasteiger partial charge in [-0.25, -0.2) is 4.98 Å². The second kappa shape index (κ2) is 8.51. The zero-order valence-electron chi connectivity index (χ0n) is 16.7. The number of aryl methyl sites for hydroxylation is 1. The van der Waals surface area contributed by atoms with E-state index in [1.165, 1.54) is 28.0 Å². The quantitative estimate of drug-likeness (QED) is 0.501. The van der Waals surface area contributed by atoms with Gasteiger partial charge in [-0.1, -0.05) is 41.2 Å². The number of thiazole rings is 1. The van der Waals surface area contributed by atoms with Crippen LogP contribution in [0.4, 0.5) is 5.13 Å².